The summed E-state index contributed by atoms with van der Waals surface area (Å²) in [5.41, 5.74) is 0.362. The van der Waals surface area contributed by atoms with Crippen LogP contribution in [-0.2, 0) is 0 Å². The number of hydrogen-bond donors (Lipinski definition) is 1. The van der Waals surface area contributed by atoms with Gasteiger partial charge in [0.15, 0.2) is 0 Å². The van der Waals surface area contributed by atoms with Crippen LogP contribution in [0.3, 0.4) is 0 Å². The monoisotopic (exact) mass is 307 g/mol. The highest BCUT2D eigenvalue weighted by Gasteiger charge is 2.23. The smallest absolute Gasteiger partial charge is 0.150 e. The first-order valence-electron chi connectivity index (χ1n) is 5.09. The molecule has 1 aromatic carbocycles. The fourth-order valence-corrected chi connectivity index (χ4v) is 3.47. The van der Waals surface area contributed by atoms with Crippen molar-refractivity contribution in [1.82, 2.24) is 0 Å². The molecule has 1 heterocycles. The minimum absolute atomic E-state index is 0.260. The van der Waals surface area contributed by atoms with E-state index < -0.39 is 11.6 Å². The van der Waals surface area contributed by atoms with Crippen LogP contribution in [0.25, 0.3) is 0 Å². The summed E-state index contributed by atoms with van der Waals surface area (Å²) in [5, 5.41) is 3.72. The van der Waals surface area contributed by atoms with Gasteiger partial charge in [-0.25, -0.2) is 8.78 Å². The van der Waals surface area contributed by atoms with Crippen molar-refractivity contribution >= 4 is 33.4 Å². The van der Waals surface area contributed by atoms with E-state index in [0.29, 0.717) is 15.4 Å². The zero-order valence-corrected chi connectivity index (χ0v) is 11.2. The van der Waals surface area contributed by atoms with Crippen molar-refractivity contribution in [2.45, 2.75) is 24.6 Å². The lowest BCUT2D eigenvalue weighted by molar-refractivity contribution is 0.581. The van der Waals surface area contributed by atoms with Gasteiger partial charge >= 0.3 is 0 Å². The largest absolute Gasteiger partial charge is 0.378 e. The van der Waals surface area contributed by atoms with Gasteiger partial charge < -0.3 is 5.32 Å². The second-order valence-electron chi connectivity index (χ2n) is 3.97. The normalized spacial score (nSPS) is 24.8. The summed E-state index contributed by atoms with van der Waals surface area (Å²) < 4.78 is 26.8. The van der Waals surface area contributed by atoms with Crippen molar-refractivity contribution in [3.8, 4) is 0 Å². The minimum atomic E-state index is -0.566. The molecule has 88 valence electrons. The third kappa shape index (κ3) is 2.69. The molecule has 0 spiro atoms. The Labute approximate surface area is 106 Å². The number of anilines is 1. The number of thioether (sulfide) groups is 1. The van der Waals surface area contributed by atoms with Gasteiger partial charge in [0.1, 0.15) is 11.6 Å². The van der Waals surface area contributed by atoms with Crippen molar-refractivity contribution in [2.24, 2.45) is 0 Å². The van der Waals surface area contributed by atoms with Gasteiger partial charge in [-0.3, -0.25) is 0 Å². The van der Waals surface area contributed by atoms with E-state index in [-0.39, 0.29) is 6.04 Å². The molecule has 0 aliphatic carbocycles. The first-order chi connectivity index (χ1) is 7.56. The van der Waals surface area contributed by atoms with E-state index in [9.17, 15) is 8.78 Å². The molecule has 0 aromatic heterocycles. The maximum Gasteiger partial charge on any atom is 0.150 e. The zero-order valence-electron chi connectivity index (χ0n) is 8.77. The number of benzene rings is 1. The fourth-order valence-electron chi connectivity index (χ4n) is 1.80. The number of nitrogens with one attached hydrogen (secondary N) is 1. The Hall–Kier alpha value is -0.290. The number of hydrogen-bond acceptors (Lipinski definition) is 2. The van der Waals surface area contributed by atoms with Crippen LogP contribution in [0.2, 0.25) is 0 Å². The molecule has 5 heteroatoms. The van der Waals surface area contributed by atoms with E-state index in [0.717, 1.165) is 18.2 Å². The van der Waals surface area contributed by atoms with Gasteiger partial charge in [-0.2, -0.15) is 11.8 Å². The van der Waals surface area contributed by atoms with Crippen LogP contribution in [0.4, 0.5) is 14.5 Å². The van der Waals surface area contributed by atoms with Crippen molar-refractivity contribution in [1.29, 1.82) is 0 Å². The Morgan fingerprint density at radius 1 is 1.44 bits per heavy atom. The van der Waals surface area contributed by atoms with Gasteiger partial charge in [0, 0.05) is 27.6 Å². The van der Waals surface area contributed by atoms with E-state index in [1.54, 1.807) is 0 Å². The van der Waals surface area contributed by atoms with Crippen LogP contribution in [0.1, 0.15) is 13.3 Å². The molecule has 1 fully saturated rings. The first kappa shape index (κ1) is 12.2. The number of halogens is 3. The Bertz CT molecular complexity index is 377. The van der Waals surface area contributed by atoms with Gasteiger partial charge in [0.05, 0.1) is 5.69 Å². The summed E-state index contributed by atoms with van der Waals surface area (Å²) in [6.45, 7) is 2.16. The molecule has 0 saturated carbocycles. The first-order valence-corrected chi connectivity index (χ1v) is 6.93. The van der Waals surface area contributed by atoms with Gasteiger partial charge in [-0.1, -0.05) is 6.92 Å². The second kappa shape index (κ2) is 4.92. The van der Waals surface area contributed by atoms with Gasteiger partial charge in [0.2, 0.25) is 0 Å². The molecule has 2 unspecified atom stereocenters. The molecule has 0 radical (unpaired) electrons. The van der Waals surface area contributed by atoms with Crippen molar-refractivity contribution in [3.63, 3.8) is 0 Å². The third-order valence-corrected chi connectivity index (χ3v) is 4.54. The summed E-state index contributed by atoms with van der Waals surface area (Å²) in [5.74, 6) is -0.148. The lowest BCUT2D eigenvalue weighted by Gasteiger charge is -2.15. The van der Waals surface area contributed by atoms with E-state index >= 15 is 0 Å². The summed E-state index contributed by atoms with van der Waals surface area (Å²) in [4.78, 5) is 0. The van der Waals surface area contributed by atoms with Gasteiger partial charge in [-0.05, 0) is 28.4 Å². The Balaban J connectivity index is 2.15. The summed E-state index contributed by atoms with van der Waals surface area (Å²) >= 11 is 5.04. The predicted molar refractivity (Wildman–Crippen MR) is 68.0 cm³/mol. The topological polar surface area (TPSA) is 12.0 Å². The average molecular weight is 308 g/mol. The predicted octanol–water partition coefficient (Wildman–Crippen LogP) is 4.03. The van der Waals surface area contributed by atoms with E-state index in [1.807, 2.05) is 11.8 Å². The quantitative estimate of drug-likeness (QED) is 0.885. The SMILES string of the molecule is CC1CC(Nc2c(F)cc(F)cc2Br)CS1. The molecule has 0 bridgehead atoms. The molecule has 16 heavy (non-hydrogen) atoms. The minimum Gasteiger partial charge on any atom is -0.378 e. The van der Waals surface area contributed by atoms with E-state index in [2.05, 4.69) is 28.2 Å². The van der Waals surface area contributed by atoms with Crippen molar-refractivity contribution in [3.05, 3.63) is 28.2 Å². The molecule has 1 aliphatic rings. The van der Waals surface area contributed by atoms with E-state index in [1.165, 1.54) is 6.07 Å². The molecule has 1 aromatic rings. The van der Waals surface area contributed by atoms with Gasteiger partial charge in [-0.15, -0.1) is 0 Å². The van der Waals surface area contributed by atoms with Crippen LogP contribution in [0.5, 0.6) is 0 Å². The van der Waals surface area contributed by atoms with Crippen LogP contribution >= 0.6 is 27.7 Å². The maximum atomic E-state index is 13.5. The molecule has 2 atom stereocenters. The van der Waals surface area contributed by atoms with Crippen LogP contribution in [-0.4, -0.2) is 17.0 Å². The molecular formula is C11H12BrF2NS. The molecule has 1 aliphatic heterocycles. The molecule has 1 saturated heterocycles. The molecule has 1 N–H and O–H groups in total. The van der Waals surface area contributed by atoms with Crippen LogP contribution in [0, 0.1) is 11.6 Å². The Morgan fingerprint density at radius 3 is 2.75 bits per heavy atom. The van der Waals surface area contributed by atoms with E-state index in [4.69, 9.17) is 0 Å². The molecule has 1 nitrogen and oxygen atoms in total. The van der Waals surface area contributed by atoms with Crippen LogP contribution in [0.15, 0.2) is 16.6 Å². The Morgan fingerprint density at radius 2 is 2.19 bits per heavy atom. The lowest BCUT2D eigenvalue weighted by Crippen LogP contribution is -2.20. The molecule has 2 rings (SSSR count). The standard InChI is InChI=1S/C11H12BrF2NS/c1-6-2-8(5-16-6)15-11-9(12)3-7(13)4-10(11)14/h3-4,6,8,15H,2,5H2,1H3. The molecular weight excluding hydrogens is 296 g/mol. The Kier molecular flexibility index (Phi) is 3.74. The summed E-state index contributed by atoms with van der Waals surface area (Å²) in [6, 6.07) is 2.44. The highest BCUT2D eigenvalue weighted by Crippen LogP contribution is 2.32. The van der Waals surface area contributed by atoms with Crippen molar-refractivity contribution in [2.75, 3.05) is 11.1 Å². The molecule has 0 amide bonds. The van der Waals surface area contributed by atoms with Gasteiger partial charge in [0.25, 0.3) is 0 Å². The highest BCUT2D eigenvalue weighted by molar-refractivity contribution is 9.10. The summed E-state index contributed by atoms with van der Waals surface area (Å²) in [7, 11) is 0. The highest BCUT2D eigenvalue weighted by atomic mass is 79.9. The van der Waals surface area contributed by atoms with Crippen molar-refractivity contribution < 1.29 is 8.78 Å². The zero-order chi connectivity index (χ0) is 11.7. The third-order valence-electron chi connectivity index (χ3n) is 2.55. The lowest BCUT2D eigenvalue weighted by atomic mass is 10.2. The second-order valence-corrected chi connectivity index (χ2v) is 6.29. The number of rotatable bonds is 2. The summed E-state index contributed by atoms with van der Waals surface area (Å²) in [6.07, 6.45) is 1.01. The fraction of sp³-hybridized carbons (Fsp3) is 0.455. The van der Waals surface area contributed by atoms with Crippen LogP contribution < -0.4 is 5.32 Å². The average Bonchev–Trinajstić information content (AvgIpc) is 2.58. The maximum absolute atomic E-state index is 13.5.